The van der Waals surface area contributed by atoms with E-state index in [1.807, 2.05) is 0 Å². The van der Waals surface area contributed by atoms with E-state index in [2.05, 4.69) is 10.6 Å². The number of hydrogen-bond acceptors (Lipinski definition) is 5. The SMILES string of the molecule is CCC1(CC)NC(=O)N(CC(=O)OCC(=O)NC(C)c2ccc(Cl)c(Cl)c2)C1=O. The summed E-state index contributed by atoms with van der Waals surface area (Å²) in [6, 6.07) is 3.93. The molecule has 1 aromatic rings. The van der Waals surface area contributed by atoms with Gasteiger partial charge in [-0.05, 0) is 37.5 Å². The number of amides is 4. The van der Waals surface area contributed by atoms with Crippen LogP contribution in [0.2, 0.25) is 10.0 Å². The number of urea groups is 1. The lowest BCUT2D eigenvalue weighted by atomic mass is 9.93. The normalized spacial score (nSPS) is 16.4. The summed E-state index contributed by atoms with van der Waals surface area (Å²) in [6.07, 6.45) is 0.823. The van der Waals surface area contributed by atoms with Crippen LogP contribution in [0.25, 0.3) is 0 Å². The fourth-order valence-corrected chi connectivity index (χ4v) is 3.32. The van der Waals surface area contributed by atoms with Crippen molar-refractivity contribution in [3.05, 3.63) is 33.8 Å². The molecule has 0 saturated carbocycles. The maximum absolute atomic E-state index is 12.5. The lowest BCUT2D eigenvalue weighted by molar-refractivity contribution is -0.151. The molecule has 29 heavy (non-hydrogen) atoms. The van der Waals surface area contributed by atoms with E-state index in [1.54, 1.807) is 39.0 Å². The molecule has 1 aromatic carbocycles. The first-order valence-electron chi connectivity index (χ1n) is 9.17. The van der Waals surface area contributed by atoms with Gasteiger partial charge in [0.15, 0.2) is 6.61 Å². The Morgan fingerprint density at radius 2 is 1.86 bits per heavy atom. The van der Waals surface area contributed by atoms with Gasteiger partial charge in [-0.25, -0.2) is 4.79 Å². The maximum Gasteiger partial charge on any atom is 0.326 e. The number of hydrogen-bond donors (Lipinski definition) is 2. The molecule has 0 radical (unpaired) electrons. The highest BCUT2D eigenvalue weighted by Gasteiger charge is 2.49. The van der Waals surface area contributed by atoms with Crippen molar-refractivity contribution < 1.29 is 23.9 Å². The second-order valence-corrected chi connectivity index (χ2v) is 7.55. The minimum absolute atomic E-state index is 0.362. The summed E-state index contributed by atoms with van der Waals surface area (Å²) in [4.78, 5) is 49.4. The van der Waals surface area contributed by atoms with Gasteiger partial charge in [0, 0.05) is 0 Å². The molecule has 158 valence electrons. The third-order valence-electron chi connectivity index (χ3n) is 4.93. The molecule has 2 N–H and O–H groups in total. The zero-order chi connectivity index (χ0) is 21.8. The van der Waals surface area contributed by atoms with Crippen LogP contribution in [0.5, 0.6) is 0 Å². The van der Waals surface area contributed by atoms with Crippen LogP contribution in [0.3, 0.4) is 0 Å². The van der Waals surface area contributed by atoms with E-state index in [9.17, 15) is 19.2 Å². The summed E-state index contributed by atoms with van der Waals surface area (Å²) < 4.78 is 4.91. The number of carbonyl (C=O) groups excluding carboxylic acids is 4. The molecule has 1 aliphatic heterocycles. The first kappa shape index (κ1) is 23.0. The number of imide groups is 1. The zero-order valence-corrected chi connectivity index (χ0v) is 17.9. The second kappa shape index (κ2) is 9.45. The van der Waals surface area contributed by atoms with Crippen LogP contribution in [-0.4, -0.2) is 47.4 Å². The number of halogens is 2. The fourth-order valence-electron chi connectivity index (χ4n) is 3.02. The van der Waals surface area contributed by atoms with E-state index in [0.717, 1.165) is 10.5 Å². The Hall–Kier alpha value is -2.32. The Bertz CT molecular complexity index is 826. The third-order valence-corrected chi connectivity index (χ3v) is 5.66. The Morgan fingerprint density at radius 3 is 2.41 bits per heavy atom. The molecule has 0 aliphatic carbocycles. The Balaban J connectivity index is 1.85. The van der Waals surface area contributed by atoms with Crippen LogP contribution < -0.4 is 10.6 Å². The number of rotatable bonds is 8. The molecular formula is C19H23Cl2N3O5. The van der Waals surface area contributed by atoms with Gasteiger partial charge in [-0.1, -0.05) is 43.1 Å². The average molecular weight is 444 g/mol. The molecule has 1 atom stereocenters. The minimum Gasteiger partial charge on any atom is -0.454 e. The summed E-state index contributed by atoms with van der Waals surface area (Å²) >= 11 is 11.8. The van der Waals surface area contributed by atoms with Crippen molar-refractivity contribution >= 4 is 47.0 Å². The molecule has 1 heterocycles. The molecule has 0 bridgehead atoms. The van der Waals surface area contributed by atoms with Crippen LogP contribution in [0.1, 0.15) is 45.2 Å². The van der Waals surface area contributed by atoms with Gasteiger partial charge in [-0.15, -0.1) is 0 Å². The Morgan fingerprint density at radius 1 is 1.21 bits per heavy atom. The smallest absolute Gasteiger partial charge is 0.326 e. The number of ether oxygens (including phenoxy) is 1. The van der Waals surface area contributed by atoms with Gasteiger partial charge >= 0.3 is 12.0 Å². The molecule has 0 spiro atoms. The van der Waals surface area contributed by atoms with Gasteiger partial charge in [0.05, 0.1) is 16.1 Å². The van der Waals surface area contributed by atoms with E-state index >= 15 is 0 Å². The molecule has 1 saturated heterocycles. The second-order valence-electron chi connectivity index (χ2n) is 6.73. The Kier molecular flexibility index (Phi) is 7.48. The summed E-state index contributed by atoms with van der Waals surface area (Å²) in [5, 5.41) is 6.05. The van der Waals surface area contributed by atoms with Crippen LogP contribution in [0, 0.1) is 0 Å². The molecule has 4 amide bonds. The van der Waals surface area contributed by atoms with Crippen molar-refractivity contribution in [1.29, 1.82) is 0 Å². The Labute approximate surface area is 178 Å². The molecular weight excluding hydrogens is 421 g/mol. The van der Waals surface area contributed by atoms with Crippen LogP contribution >= 0.6 is 23.2 Å². The van der Waals surface area contributed by atoms with E-state index in [4.69, 9.17) is 27.9 Å². The first-order chi connectivity index (χ1) is 13.6. The van der Waals surface area contributed by atoms with E-state index in [0.29, 0.717) is 22.9 Å². The summed E-state index contributed by atoms with van der Waals surface area (Å²) in [6.45, 7) is 4.20. The predicted octanol–water partition coefficient (Wildman–Crippen LogP) is 2.82. The lowest BCUT2D eigenvalue weighted by Crippen LogP contribution is -2.46. The summed E-state index contributed by atoms with van der Waals surface area (Å²) in [7, 11) is 0. The average Bonchev–Trinajstić information content (AvgIpc) is 2.93. The van der Waals surface area contributed by atoms with Crippen LogP contribution in [-0.2, 0) is 19.1 Å². The predicted molar refractivity (Wildman–Crippen MR) is 108 cm³/mol. The largest absolute Gasteiger partial charge is 0.454 e. The van der Waals surface area contributed by atoms with Gasteiger partial charge in [0.25, 0.3) is 11.8 Å². The molecule has 0 aromatic heterocycles. The van der Waals surface area contributed by atoms with E-state index in [1.165, 1.54) is 0 Å². The number of nitrogens with one attached hydrogen (secondary N) is 2. The van der Waals surface area contributed by atoms with Gasteiger partial charge in [-0.2, -0.15) is 0 Å². The van der Waals surface area contributed by atoms with Crippen molar-refractivity contribution in [3.63, 3.8) is 0 Å². The van der Waals surface area contributed by atoms with Crippen LogP contribution in [0.4, 0.5) is 4.79 Å². The standard InChI is InChI=1S/C19H23Cl2N3O5/c1-4-19(5-2)17(27)24(18(28)23-19)9-16(26)29-10-15(25)22-11(3)12-6-7-13(20)14(21)8-12/h6-8,11H,4-5,9-10H2,1-3H3,(H,22,25)(H,23,28). The molecule has 1 aliphatic rings. The summed E-state index contributed by atoms with van der Waals surface area (Å²) in [5.41, 5.74) is -0.266. The van der Waals surface area contributed by atoms with Gasteiger partial charge in [0.2, 0.25) is 0 Å². The molecule has 1 unspecified atom stereocenters. The van der Waals surface area contributed by atoms with Crippen molar-refractivity contribution in [2.45, 2.75) is 45.2 Å². The number of carbonyl (C=O) groups is 4. The lowest BCUT2D eigenvalue weighted by Gasteiger charge is -2.22. The van der Waals surface area contributed by atoms with E-state index < -0.39 is 48.5 Å². The maximum atomic E-state index is 12.5. The molecule has 10 heteroatoms. The van der Waals surface area contributed by atoms with Gasteiger partial charge in [-0.3, -0.25) is 19.3 Å². The van der Waals surface area contributed by atoms with Gasteiger partial charge in [0.1, 0.15) is 12.1 Å². The summed E-state index contributed by atoms with van der Waals surface area (Å²) in [5.74, 6) is -1.86. The number of benzene rings is 1. The molecule has 8 nitrogen and oxygen atoms in total. The van der Waals surface area contributed by atoms with Crippen molar-refractivity contribution in [2.24, 2.45) is 0 Å². The third kappa shape index (κ3) is 5.19. The molecule has 1 fully saturated rings. The topological polar surface area (TPSA) is 105 Å². The highest BCUT2D eigenvalue weighted by molar-refractivity contribution is 6.42. The highest BCUT2D eigenvalue weighted by atomic mass is 35.5. The van der Waals surface area contributed by atoms with Gasteiger partial charge < -0.3 is 15.4 Å². The fraction of sp³-hybridized carbons (Fsp3) is 0.474. The monoisotopic (exact) mass is 443 g/mol. The number of esters is 1. The van der Waals surface area contributed by atoms with E-state index in [-0.39, 0.29) is 0 Å². The quantitative estimate of drug-likeness (QED) is 0.474. The highest BCUT2D eigenvalue weighted by Crippen LogP contribution is 2.26. The van der Waals surface area contributed by atoms with Crippen molar-refractivity contribution in [2.75, 3.05) is 13.2 Å². The number of nitrogens with zero attached hydrogens (tertiary/aromatic N) is 1. The first-order valence-corrected chi connectivity index (χ1v) is 9.93. The minimum atomic E-state index is -0.996. The van der Waals surface area contributed by atoms with Crippen LogP contribution in [0.15, 0.2) is 18.2 Å². The van der Waals surface area contributed by atoms with Crippen molar-refractivity contribution in [3.8, 4) is 0 Å². The van der Waals surface area contributed by atoms with Crippen molar-refractivity contribution in [1.82, 2.24) is 15.5 Å². The zero-order valence-electron chi connectivity index (χ0n) is 16.4. The molecule has 2 rings (SSSR count).